The molecule has 6 nitrogen and oxygen atoms in total. The van der Waals surface area contributed by atoms with Gasteiger partial charge >= 0.3 is 24.7 Å². The highest BCUT2D eigenvalue weighted by Gasteiger charge is 2.42. The highest BCUT2D eigenvalue weighted by Crippen LogP contribution is 2.41. The molecule has 0 aliphatic heterocycles. The molecule has 10 heteroatoms. The third-order valence-electron chi connectivity index (χ3n) is 10.4. The molecule has 0 N–H and O–H groups in total. The number of ketones is 1. The summed E-state index contributed by atoms with van der Waals surface area (Å²) in [5.41, 5.74) is 6.64. The zero-order valence-electron chi connectivity index (χ0n) is 32.6. The molecule has 0 bridgehead atoms. The van der Waals surface area contributed by atoms with Crippen molar-refractivity contribution in [3.05, 3.63) is 113 Å². The molecule has 0 saturated carbocycles. The van der Waals surface area contributed by atoms with E-state index in [-0.39, 0.29) is 17.2 Å². The lowest BCUT2D eigenvalue weighted by molar-refractivity contribution is -0.148. The van der Waals surface area contributed by atoms with Crippen molar-refractivity contribution in [1.29, 1.82) is 0 Å². The van der Waals surface area contributed by atoms with Crippen molar-refractivity contribution in [2.45, 2.75) is 86.1 Å². The lowest BCUT2D eigenvalue weighted by atomic mass is 9.89. The van der Waals surface area contributed by atoms with Crippen LogP contribution >= 0.6 is 0 Å². The predicted octanol–water partition coefficient (Wildman–Crippen LogP) is 12.0. The fourth-order valence-electron chi connectivity index (χ4n) is 7.73. The predicted molar refractivity (Wildman–Crippen MR) is 217 cm³/mol. The van der Waals surface area contributed by atoms with Gasteiger partial charge in [0.1, 0.15) is 0 Å². The SMILES string of the molecule is CCCCC(CC)Cn1c2ccc([N+](=COC(C)=O)c3ccccc3OCC(F)(F)C(F)F)cc2c2cc(C(=O)c3c(C)cc(C)cc3C)c3ccccc3c21. The van der Waals surface area contributed by atoms with E-state index < -0.39 is 24.9 Å². The Bertz CT molecular complexity index is 2440. The van der Waals surface area contributed by atoms with Crippen molar-refractivity contribution in [3.63, 3.8) is 0 Å². The second-order valence-electron chi connectivity index (χ2n) is 14.6. The Hall–Kier alpha value is -5.51. The van der Waals surface area contributed by atoms with Gasteiger partial charge in [-0.3, -0.25) is 9.59 Å². The normalized spacial score (nSPS) is 12.9. The van der Waals surface area contributed by atoms with Gasteiger partial charge in [-0.25, -0.2) is 8.78 Å². The van der Waals surface area contributed by atoms with E-state index in [9.17, 15) is 27.2 Å². The number of hydrogen-bond acceptors (Lipinski definition) is 4. The van der Waals surface area contributed by atoms with Gasteiger partial charge in [-0.1, -0.05) is 87.2 Å². The minimum absolute atomic E-state index is 0.0824. The van der Waals surface area contributed by atoms with E-state index in [2.05, 4.69) is 24.5 Å². The van der Waals surface area contributed by atoms with Gasteiger partial charge in [-0.05, 0) is 67.8 Å². The fourth-order valence-corrected chi connectivity index (χ4v) is 7.73. The van der Waals surface area contributed by atoms with E-state index in [1.165, 1.54) is 23.6 Å². The van der Waals surface area contributed by atoms with Gasteiger partial charge in [0.25, 0.3) is 5.69 Å². The molecular formula is C46H47F4N2O4+. The van der Waals surface area contributed by atoms with Gasteiger partial charge < -0.3 is 14.0 Å². The zero-order chi connectivity index (χ0) is 40.3. The van der Waals surface area contributed by atoms with E-state index in [0.717, 1.165) is 87.9 Å². The monoisotopic (exact) mass is 767 g/mol. The number of fused-ring (bicyclic) bond motifs is 5. The van der Waals surface area contributed by atoms with Crippen molar-refractivity contribution in [1.82, 2.24) is 9.14 Å². The summed E-state index contributed by atoms with van der Waals surface area (Å²) in [6, 6.07) is 25.8. The molecule has 1 unspecified atom stereocenters. The molecule has 5 aromatic carbocycles. The number of carbonyl (C=O) groups is 2. The van der Waals surface area contributed by atoms with Gasteiger partial charge in [0.2, 0.25) is 5.69 Å². The van der Waals surface area contributed by atoms with Crippen LogP contribution in [0.2, 0.25) is 0 Å². The maximum Gasteiger partial charge on any atom is 0.343 e. The molecular weight excluding hydrogens is 721 g/mol. The van der Waals surface area contributed by atoms with E-state index in [1.54, 1.807) is 12.1 Å². The van der Waals surface area contributed by atoms with Crippen molar-refractivity contribution >= 4 is 62.1 Å². The lowest BCUT2D eigenvalue weighted by Crippen LogP contribution is -2.33. The van der Waals surface area contributed by atoms with Crippen LogP contribution in [0.3, 0.4) is 0 Å². The van der Waals surface area contributed by atoms with Crippen LogP contribution in [0.5, 0.6) is 5.75 Å². The molecule has 0 amide bonds. The third-order valence-corrected chi connectivity index (χ3v) is 10.4. The Morgan fingerprint density at radius 1 is 0.857 bits per heavy atom. The number of para-hydroxylation sites is 2. The highest BCUT2D eigenvalue weighted by molar-refractivity contribution is 6.26. The van der Waals surface area contributed by atoms with Gasteiger partial charge in [0.05, 0.1) is 5.52 Å². The number of aromatic nitrogens is 1. The molecule has 56 heavy (non-hydrogen) atoms. The van der Waals surface area contributed by atoms with Crippen LogP contribution in [-0.2, 0) is 16.1 Å². The van der Waals surface area contributed by atoms with Gasteiger partial charge in [-0.15, -0.1) is 4.58 Å². The van der Waals surface area contributed by atoms with E-state index in [4.69, 9.17) is 9.47 Å². The van der Waals surface area contributed by atoms with E-state index >= 15 is 0 Å². The Morgan fingerprint density at radius 2 is 1.54 bits per heavy atom. The van der Waals surface area contributed by atoms with E-state index in [1.807, 2.05) is 75.4 Å². The molecule has 292 valence electrons. The lowest BCUT2D eigenvalue weighted by Gasteiger charge is -2.19. The number of nitrogens with zero attached hydrogens (tertiary/aromatic N) is 2. The Kier molecular flexibility index (Phi) is 12.0. The van der Waals surface area contributed by atoms with Crippen molar-refractivity contribution in [2.75, 3.05) is 6.61 Å². The van der Waals surface area contributed by atoms with Crippen LogP contribution in [-0.4, -0.2) is 41.7 Å². The minimum Gasteiger partial charge on any atom is -0.480 e. The Labute approximate surface area is 324 Å². The highest BCUT2D eigenvalue weighted by atomic mass is 19.3. The first-order valence-corrected chi connectivity index (χ1v) is 19.0. The first-order valence-electron chi connectivity index (χ1n) is 19.0. The summed E-state index contributed by atoms with van der Waals surface area (Å²) in [4.78, 5) is 26.8. The number of rotatable bonds is 15. The number of esters is 1. The zero-order valence-corrected chi connectivity index (χ0v) is 32.6. The maximum absolute atomic E-state index is 14.7. The summed E-state index contributed by atoms with van der Waals surface area (Å²) < 4.78 is 68.7. The molecule has 1 aromatic heterocycles. The summed E-state index contributed by atoms with van der Waals surface area (Å²) >= 11 is 0. The third kappa shape index (κ3) is 8.06. The smallest absolute Gasteiger partial charge is 0.343 e. The largest absolute Gasteiger partial charge is 0.480 e. The molecule has 6 aromatic rings. The fraction of sp³-hybridized carbons (Fsp3) is 0.326. The Morgan fingerprint density at radius 3 is 2.20 bits per heavy atom. The number of halogens is 4. The summed E-state index contributed by atoms with van der Waals surface area (Å²) in [6.07, 6.45) is 1.44. The van der Waals surface area contributed by atoms with Crippen molar-refractivity contribution in [2.24, 2.45) is 5.92 Å². The molecule has 0 spiro atoms. The van der Waals surface area contributed by atoms with Crippen LogP contribution in [0.25, 0.3) is 32.6 Å². The first kappa shape index (κ1) is 40.2. The first-order chi connectivity index (χ1) is 26.7. The molecule has 1 atom stereocenters. The average molecular weight is 768 g/mol. The van der Waals surface area contributed by atoms with Crippen LogP contribution in [0.1, 0.15) is 79.1 Å². The van der Waals surface area contributed by atoms with Gasteiger partial charge in [0.15, 0.2) is 18.1 Å². The van der Waals surface area contributed by atoms with Crippen LogP contribution < -0.4 is 9.31 Å². The second-order valence-corrected chi connectivity index (χ2v) is 14.6. The number of hydrogen-bond donors (Lipinski definition) is 0. The topological polar surface area (TPSA) is 60.5 Å². The number of unbranched alkanes of at least 4 members (excludes halogenated alkanes) is 1. The molecule has 0 fully saturated rings. The number of alkyl halides is 4. The molecule has 0 radical (unpaired) electrons. The second kappa shape index (κ2) is 16.7. The molecule has 0 saturated heterocycles. The number of ether oxygens (including phenoxy) is 2. The average Bonchev–Trinajstić information content (AvgIpc) is 3.47. The summed E-state index contributed by atoms with van der Waals surface area (Å²) in [5.74, 6) is -4.84. The van der Waals surface area contributed by atoms with Crippen molar-refractivity contribution < 1.29 is 36.6 Å². The molecule has 6 rings (SSSR count). The van der Waals surface area contributed by atoms with Crippen LogP contribution in [0, 0.1) is 26.7 Å². The number of carbonyl (C=O) groups excluding carboxylic acids is 2. The summed E-state index contributed by atoms with van der Waals surface area (Å²) in [7, 11) is 0. The van der Waals surface area contributed by atoms with Crippen molar-refractivity contribution in [3.8, 4) is 5.75 Å². The quantitative estimate of drug-likeness (QED) is 0.0261. The summed E-state index contributed by atoms with van der Waals surface area (Å²) in [5, 5.41) is 3.42. The van der Waals surface area contributed by atoms with Crippen LogP contribution in [0.4, 0.5) is 28.9 Å². The van der Waals surface area contributed by atoms with Gasteiger partial charge in [-0.2, -0.15) is 8.78 Å². The van der Waals surface area contributed by atoms with E-state index in [0.29, 0.717) is 22.7 Å². The molecule has 0 aliphatic rings. The number of aryl methyl sites for hydroxylation is 3. The summed E-state index contributed by atoms with van der Waals surface area (Å²) in [6.45, 7) is 10.7. The van der Waals surface area contributed by atoms with Gasteiger partial charge in [0, 0.05) is 64.5 Å². The minimum atomic E-state index is -4.39. The standard InChI is InChI=1S/C46H47F4N2O4/c1-7-9-14-32(8-2)25-51-39-20-19-33(52(27-56-31(6)53)40-17-12-13-18-41(40)55-26-46(49,50)45(47)48)23-36(39)37-24-38(34-15-10-11-16-35(34)43(37)51)44(54)42-29(4)21-28(3)22-30(42)5/h10-13,15-24,27,32,45H,7-9,14,25-26H2,1-6H3/q+1. The Balaban J connectivity index is 1.63. The molecule has 0 aliphatic carbocycles. The molecule has 1 heterocycles. The van der Waals surface area contributed by atoms with Crippen LogP contribution in [0.15, 0.2) is 84.9 Å². The maximum atomic E-state index is 14.7. The number of benzene rings is 5.